The smallest absolute Gasteiger partial charge is 0.0571 e. The Morgan fingerprint density at radius 1 is 1.25 bits per heavy atom. The Balaban J connectivity index is 0.000000490. The summed E-state index contributed by atoms with van der Waals surface area (Å²) in [5.74, 6) is 0. The minimum absolute atomic E-state index is 0. The molecule has 50 valence electrons. The van der Waals surface area contributed by atoms with Crippen molar-refractivity contribution in [2.45, 2.75) is 31.8 Å². The summed E-state index contributed by atoms with van der Waals surface area (Å²) < 4.78 is 5.11. The van der Waals surface area contributed by atoms with Gasteiger partial charge in [-0.25, -0.2) is 0 Å². The summed E-state index contributed by atoms with van der Waals surface area (Å²) in [4.78, 5) is 0. The van der Waals surface area contributed by atoms with Crippen LogP contribution in [0.3, 0.4) is 0 Å². The summed E-state index contributed by atoms with van der Waals surface area (Å²) in [6.07, 6.45) is 5.92. The van der Waals surface area contributed by atoms with Crippen LogP contribution in [0.1, 0.15) is 25.7 Å². The molecular weight excluding hydrogens is 102 g/mol. The molecule has 2 heteroatoms. The zero-order chi connectivity index (χ0) is 5.11. The highest BCUT2D eigenvalue weighted by Crippen LogP contribution is 2.19. The lowest BCUT2D eigenvalue weighted by atomic mass is 10.3. The second-order valence-electron chi connectivity index (χ2n) is 2.14. The first-order valence-electron chi connectivity index (χ1n) is 2.96. The summed E-state index contributed by atoms with van der Waals surface area (Å²) in [7, 11) is 1.80. The van der Waals surface area contributed by atoms with Gasteiger partial charge in [0.25, 0.3) is 0 Å². The number of rotatable bonds is 1. The summed E-state index contributed by atoms with van der Waals surface area (Å²) in [6, 6.07) is 0. The van der Waals surface area contributed by atoms with Gasteiger partial charge in [0.05, 0.1) is 6.10 Å². The van der Waals surface area contributed by atoms with E-state index in [1.54, 1.807) is 7.11 Å². The monoisotopic (exact) mass is 117 g/mol. The lowest BCUT2D eigenvalue weighted by Gasteiger charge is -2.02. The van der Waals surface area contributed by atoms with Gasteiger partial charge in [0.15, 0.2) is 0 Å². The van der Waals surface area contributed by atoms with Gasteiger partial charge in [-0.3, -0.25) is 0 Å². The van der Waals surface area contributed by atoms with Crippen LogP contribution in [0.15, 0.2) is 0 Å². The van der Waals surface area contributed by atoms with Gasteiger partial charge in [-0.05, 0) is 12.8 Å². The number of ether oxygens (including phenoxy) is 1. The molecule has 0 aromatic carbocycles. The SMILES string of the molecule is COC1CCCC1.N. The maximum Gasteiger partial charge on any atom is 0.0571 e. The van der Waals surface area contributed by atoms with E-state index in [1.807, 2.05) is 0 Å². The highest BCUT2D eigenvalue weighted by atomic mass is 16.5. The molecule has 1 aliphatic rings. The minimum atomic E-state index is 0. The highest BCUT2D eigenvalue weighted by Gasteiger charge is 2.12. The van der Waals surface area contributed by atoms with Gasteiger partial charge in [-0.15, -0.1) is 0 Å². The lowest BCUT2D eigenvalue weighted by molar-refractivity contribution is 0.109. The summed E-state index contributed by atoms with van der Waals surface area (Å²) in [5.41, 5.74) is 0. The molecule has 0 heterocycles. The molecule has 2 nitrogen and oxygen atoms in total. The number of methoxy groups -OCH3 is 1. The number of hydrogen-bond acceptors (Lipinski definition) is 2. The van der Waals surface area contributed by atoms with Crippen LogP contribution in [-0.4, -0.2) is 13.2 Å². The van der Waals surface area contributed by atoms with E-state index in [0.717, 1.165) is 0 Å². The topological polar surface area (TPSA) is 44.2 Å². The molecule has 0 radical (unpaired) electrons. The van der Waals surface area contributed by atoms with Crippen LogP contribution in [0.2, 0.25) is 0 Å². The van der Waals surface area contributed by atoms with Gasteiger partial charge >= 0.3 is 0 Å². The molecule has 0 saturated heterocycles. The molecule has 8 heavy (non-hydrogen) atoms. The Kier molecular flexibility index (Phi) is 3.83. The van der Waals surface area contributed by atoms with Gasteiger partial charge in [-0.2, -0.15) is 0 Å². The predicted octanol–water partition coefficient (Wildman–Crippen LogP) is 1.74. The molecule has 0 spiro atoms. The second kappa shape index (κ2) is 3.87. The molecule has 0 bridgehead atoms. The van der Waals surface area contributed by atoms with Crippen LogP contribution in [-0.2, 0) is 4.74 Å². The van der Waals surface area contributed by atoms with Crippen molar-refractivity contribution in [2.24, 2.45) is 0 Å². The third-order valence-electron chi connectivity index (χ3n) is 1.64. The fourth-order valence-corrected chi connectivity index (χ4v) is 1.12. The Morgan fingerprint density at radius 2 is 1.75 bits per heavy atom. The van der Waals surface area contributed by atoms with Crippen molar-refractivity contribution in [3.63, 3.8) is 0 Å². The van der Waals surface area contributed by atoms with Gasteiger partial charge < -0.3 is 10.9 Å². The fraction of sp³-hybridized carbons (Fsp3) is 1.00. The van der Waals surface area contributed by atoms with Crippen molar-refractivity contribution in [3.8, 4) is 0 Å². The molecule has 0 atom stereocenters. The van der Waals surface area contributed by atoms with Crippen molar-refractivity contribution < 1.29 is 4.74 Å². The molecule has 0 aromatic rings. The molecular formula is C6H15NO. The van der Waals surface area contributed by atoms with Crippen molar-refractivity contribution in [1.29, 1.82) is 0 Å². The Bertz CT molecular complexity index is 50.5. The summed E-state index contributed by atoms with van der Waals surface area (Å²) in [6.45, 7) is 0. The van der Waals surface area contributed by atoms with Gasteiger partial charge in [-0.1, -0.05) is 12.8 Å². The Morgan fingerprint density at radius 3 is 2.00 bits per heavy atom. The average Bonchev–Trinajstić information content (AvgIpc) is 2.14. The fourth-order valence-electron chi connectivity index (χ4n) is 1.12. The van der Waals surface area contributed by atoms with Crippen LogP contribution in [0, 0.1) is 0 Å². The van der Waals surface area contributed by atoms with E-state index in [1.165, 1.54) is 25.7 Å². The van der Waals surface area contributed by atoms with E-state index in [9.17, 15) is 0 Å². The van der Waals surface area contributed by atoms with E-state index in [0.29, 0.717) is 6.10 Å². The van der Waals surface area contributed by atoms with Crippen molar-refractivity contribution >= 4 is 0 Å². The minimum Gasteiger partial charge on any atom is -0.381 e. The zero-order valence-electron chi connectivity index (χ0n) is 5.52. The van der Waals surface area contributed by atoms with E-state index in [4.69, 9.17) is 4.74 Å². The van der Waals surface area contributed by atoms with Gasteiger partial charge in [0.2, 0.25) is 0 Å². The predicted molar refractivity (Wildman–Crippen MR) is 34.3 cm³/mol. The molecule has 0 aliphatic heterocycles. The van der Waals surface area contributed by atoms with Crippen molar-refractivity contribution in [3.05, 3.63) is 0 Å². The van der Waals surface area contributed by atoms with E-state index in [2.05, 4.69) is 0 Å². The highest BCUT2D eigenvalue weighted by molar-refractivity contribution is 4.65. The summed E-state index contributed by atoms with van der Waals surface area (Å²) >= 11 is 0. The molecule has 1 fully saturated rings. The first kappa shape index (κ1) is 7.92. The zero-order valence-corrected chi connectivity index (χ0v) is 5.52. The van der Waals surface area contributed by atoms with Crippen LogP contribution in [0.5, 0.6) is 0 Å². The second-order valence-corrected chi connectivity index (χ2v) is 2.14. The Hall–Kier alpha value is -0.0800. The van der Waals surface area contributed by atoms with Crippen LogP contribution >= 0.6 is 0 Å². The average molecular weight is 117 g/mol. The summed E-state index contributed by atoms with van der Waals surface area (Å²) in [5, 5.41) is 0. The maximum absolute atomic E-state index is 5.11. The van der Waals surface area contributed by atoms with E-state index < -0.39 is 0 Å². The molecule has 0 aromatic heterocycles. The van der Waals surface area contributed by atoms with Crippen molar-refractivity contribution in [1.82, 2.24) is 6.15 Å². The third kappa shape index (κ3) is 1.80. The molecule has 3 N–H and O–H groups in total. The molecule has 1 aliphatic carbocycles. The third-order valence-corrected chi connectivity index (χ3v) is 1.64. The lowest BCUT2D eigenvalue weighted by Crippen LogP contribution is -2.01. The van der Waals surface area contributed by atoms with E-state index in [-0.39, 0.29) is 6.15 Å². The van der Waals surface area contributed by atoms with E-state index >= 15 is 0 Å². The van der Waals surface area contributed by atoms with Crippen LogP contribution < -0.4 is 6.15 Å². The standard InChI is InChI=1S/C6H12O.H3N/c1-7-6-4-2-3-5-6;/h6H,2-5H2,1H3;1H3. The normalized spacial score (nSPS) is 20.6. The first-order chi connectivity index (χ1) is 3.43. The quantitative estimate of drug-likeness (QED) is 0.568. The van der Waals surface area contributed by atoms with Crippen LogP contribution in [0.25, 0.3) is 0 Å². The number of hydrogen-bond donors (Lipinski definition) is 1. The van der Waals surface area contributed by atoms with Crippen molar-refractivity contribution in [2.75, 3.05) is 7.11 Å². The first-order valence-corrected chi connectivity index (χ1v) is 2.96. The largest absolute Gasteiger partial charge is 0.381 e. The molecule has 0 amide bonds. The van der Waals surface area contributed by atoms with Gasteiger partial charge in [0.1, 0.15) is 0 Å². The molecule has 0 unspecified atom stereocenters. The van der Waals surface area contributed by atoms with Crippen LogP contribution in [0.4, 0.5) is 0 Å². The molecule has 1 saturated carbocycles. The Labute approximate surface area is 50.8 Å². The molecule has 1 rings (SSSR count). The van der Waals surface area contributed by atoms with Gasteiger partial charge in [0, 0.05) is 7.11 Å². The maximum atomic E-state index is 5.11.